The lowest BCUT2D eigenvalue weighted by Gasteiger charge is -2.01. The number of aromatic nitrogens is 1. The number of H-pyrrole nitrogens is 1. The number of methoxy groups -OCH3 is 1. The van der Waals surface area contributed by atoms with Crippen LogP contribution in [0, 0.1) is 6.92 Å². The highest BCUT2D eigenvalue weighted by Gasteiger charge is 2.11. The molecule has 0 bridgehead atoms. The summed E-state index contributed by atoms with van der Waals surface area (Å²) in [6.07, 6.45) is 0. The number of rotatable bonds is 3. The molecule has 0 amide bonds. The van der Waals surface area contributed by atoms with Crippen LogP contribution >= 0.6 is 0 Å². The summed E-state index contributed by atoms with van der Waals surface area (Å²) in [7, 11) is 1.61. The van der Waals surface area contributed by atoms with Crippen LogP contribution in [0.3, 0.4) is 0 Å². The molecule has 0 saturated heterocycles. The Morgan fingerprint density at radius 1 is 1.29 bits per heavy atom. The molecule has 0 fully saturated rings. The van der Waals surface area contributed by atoms with E-state index in [0.29, 0.717) is 0 Å². The van der Waals surface area contributed by atoms with Gasteiger partial charge in [0.25, 0.3) is 0 Å². The molecule has 4 heteroatoms. The Morgan fingerprint density at radius 2 is 1.94 bits per heavy atom. The van der Waals surface area contributed by atoms with Crippen molar-refractivity contribution in [1.29, 1.82) is 0 Å². The van der Waals surface area contributed by atoms with Crippen LogP contribution in [0.15, 0.2) is 30.3 Å². The summed E-state index contributed by atoms with van der Waals surface area (Å²) in [6, 6.07) is 9.27. The summed E-state index contributed by atoms with van der Waals surface area (Å²) in [6.45, 7) is 1.77. The predicted molar refractivity (Wildman–Crippen MR) is 64.5 cm³/mol. The number of nitrogens with one attached hydrogen (secondary N) is 1. The van der Waals surface area contributed by atoms with Gasteiger partial charge < -0.3 is 14.8 Å². The lowest BCUT2D eigenvalue weighted by molar-refractivity contribution is 0.0690. The molecular weight excluding hydrogens is 218 g/mol. The van der Waals surface area contributed by atoms with E-state index in [0.717, 1.165) is 22.6 Å². The van der Waals surface area contributed by atoms with Gasteiger partial charge in [0.1, 0.15) is 11.4 Å². The first-order chi connectivity index (χ1) is 8.11. The molecule has 0 aliphatic carbocycles. The second-order valence-electron chi connectivity index (χ2n) is 3.77. The quantitative estimate of drug-likeness (QED) is 0.853. The van der Waals surface area contributed by atoms with E-state index in [1.165, 1.54) is 0 Å². The number of aryl methyl sites for hydroxylation is 1. The average molecular weight is 231 g/mol. The summed E-state index contributed by atoms with van der Waals surface area (Å²) in [5.74, 6) is -0.169. The molecule has 17 heavy (non-hydrogen) atoms. The zero-order chi connectivity index (χ0) is 12.4. The molecular formula is C13H13NO3. The minimum absolute atomic E-state index is 0.232. The molecule has 0 unspecified atom stereocenters. The van der Waals surface area contributed by atoms with Crippen LogP contribution in [-0.4, -0.2) is 23.2 Å². The van der Waals surface area contributed by atoms with Gasteiger partial charge in [-0.3, -0.25) is 0 Å². The van der Waals surface area contributed by atoms with Gasteiger partial charge in [-0.1, -0.05) is 0 Å². The third-order valence-corrected chi connectivity index (χ3v) is 2.63. The van der Waals surface area contributed by atoms with Crippen molar-refractivity contribution in [2.24, 2.45) is 0 Å². The van der Waals surface area contributed by atoms with E-state index in [1.807, 2.05) is 30.3 Å². The minimum Gasteiger partial charge on any atom is -0.497 e. The highest BCUT2D eigenvalue weighted by Crippen LogP contribution is 2.23. The smallest absolute Gasteiger partial charge is 0.352 e. The molecule has 0 aliphatic heterocycles. The van der Waals surface area contributed by atoms with Crippen molar-refractivity contribution in [3.63, 3.8) is 0 Å². The summed E-state index contributed by atoms with van der Waals surface area (Å²) in [4.78, 5) is 13.8. The largest absolute Gasteiger partial charge is 0.497 e. The molecule has 0 spiro atoms. The Balaban J connectivity index is 2.39. The van der Waals surface area contributed by atoms with Crippen LogP contribution < -0.4 is 4.74 Å². The molecule has 1 aromatic carbocycles. The molecule has 88 valence electrons. The van der Waals surface area contributed by atoms with Crippen LogP contribution in [0.25, 0.3) is 11.3 Å². The van der Waals surface area contributed by atoms with Crippen molar-refractivity contribution in [2.45, 2.75) is 6.92 Å². The van der Waals surface area contributed by atoms with Crippen LogP contribution in [0.2, 0.25) is 0 Å². The van der Waals surface area contributed by atoms with E-state index in [9.17, 15) is 4.79 Å². The average Bonchev–Trinajstić information content (AvgIpc) is 2.71. The molecule has 0 radical (unpaired) electrons. The topological polar surface area (TPSA) is 62.3 Å². The zero-order valence-electron chi connectivity index (χ0n) is 9.65. The number of carboxylic acid groups (broad SMARTS) is 1. The standard InChI is InChI=1S/C13H13NO3/c1-8-7-11(14-12(8)13(15)16)9-3-5-10(17-2)6-4-9/h3-7,14H,1-2H3,(H,15,16). The molecule has 1 aromatic heterocycles. The number of aromatic carboxylic acids is 1. The monoisotopic (exact) mass is 231 g/mol. The van der Waals surface area contributed by atoms with Gasteiger partial charge in [-0.15, -0.1) is 0 Å². The molecule has 2 rings (SSSR count). The number of aromatic amines is 1. The first-order valence-corrected chi connectivity index (χ1v) is 5.19. The van der Waals surface area contributed by atoms with Crippen molar-refractivity contribution in [1.82, 2.24) is 4.98 Å². The molecule has 0 atom stereocenters. The molecule has 1 heterocycles. The highest BCUT2D eigenvalue weighted by atomic mass is 16.5. The highest BCUT2D eigenvalue weighted by molar-refractivity contribution is 5.88. The van der Waals surface area contributed by atoms with Crippen molar-refractivity contribution in [3.05, 3.63) is 41.6 Å². The van der Waals surface area contributed by atoms with Gasteiger partial charge in [-0.2, -0.15) is 0 Å². The molecule has 4 nitrogen and oxygen atoms in total. The van der Waals surface area contributed by atoms with E-state index >= 15 is 0 Å². The Morgan fingerprint density at radius 3 is 2.41 bits per heavy atom. The van der Waals surface area contributed by atoms with Gasteiger partial charge in [-0.25, -0.2) is 4.79 Å². The Kier molecular flexibility index (Phi) is 2.87. The second kappa shape index (κ2) is 4.33. The van der Waals surface area contributed by atoms with Gasteiger partial charge in [-0.05, 0) is 48.4 Å². The van der Waals surface area contributed by atoms with Gasteiger partial charge in [0.2, 0.25) is 0 Å². The summed E-state index contributed by atoms with van der Waals surface area (Å²) < 4.78 is 5.07. The lowest BCUT2D eigenvalue weighted by atomic mass is 10.1. The van der Waals surface area contributed by atoms with E-state index in [-0.39, 0.29) is 5.69 Å². The van der Waals surface area contributed by atoms with E-state index < -0.39 is 5.97 Å². The van der Waals surface area contributed by atoms with Crippen LogP contribution in [0.5, 0.6) is 5.75 Å². The molecule has 2 aromatic rings. The summed E-state index contributed by atoms with van der Waals surface area (Å²) >= 11 is 0. The fourth-order valence-electron chi connectivity index (χ4n) is 1.71. The molecule has 2 N–H and O–H groups in total. The Bertz CT molecular complexity index is 540. The van der Waals surface area contributed by atoms with Crippen LogP contribution in [-0.2, 0) is 0 Å². The first kappa shape index (κ1) is 11.3. The number of hydrogen-bond donors (Lipinski definition) is 2. The van der Waals surface area contributed by atoms with E-state index in [1.54, 1.807) is 14.0 Å². The van der Waals surface area contributed by atoms with Gasteiger partial charge in [0.15, 0.2) is 0 Å². The Hall–Kier alpha value is -2.23. The van der Waals surface area contributed by atoms with Crippen molar-refractivity contribution < 1.29 is 14.6 Å². The third-order valence-electron chi connectivity index (χ3n) is 2.63. The van der Waals surface area contributed by atoms with Crippen molar-refractivity contribution in [3.8, 4) is 17.0 Å². The van der Waals surface area contributed by atoms with Gasteiger partial charge >= 0.3 is 5.97 Å². The number of benzene rings is 1. The Labute approximate surface area is 98.9 Å². The van der Waals surface area contributed by atoms with E-state index in [2.05, 4.69) is 4.98 Å². The van der Waals surface area contributed by atoms with Crippen molar-refractivity contribution in [2.75, 3.05) is 7.11 Å². The number of carboxylic acids is 1. The maximum Gasteiger partial charge on any atom is 0.352 e. The van der Waals surface area contributed by atoms with Crippen molar-refractivity contribution >= 4 is 5.97 Å². The van der Waals surface area contributed by atoms with Gasteiger partial charge in [0, 0.05) is 5.69 Å². The first-order valence-electron chi connectivity index (χ1n) is 5.19. The number of ether oxygens (including phenoxy) is 1. The predicted octanol–water partition coefficient (Wildman–Crippen LogP) is 2.70. The summed E-state index contributed by atoms with van der Waals surface area (Å²) in [5, 5.41) is 8.96. The minimum atomic E-state index is -0.942. The van der Waals surface area contributed by atoms with Gasteiger partial charge in [0.05, 0.1) is 7.11 Å². The fraction of sp³-hybridized carbons (Fsp3) is 0.154. The molecule has 0 aliphatic rings. The van der Waals surface area contributed by atoms with E-state index in [4.69, 9.17) is 9.84 Å². The molecule has 0 saturated carbocycles. The fourth-order valence-corrected chi connectivity index (χ4v) is 1.71. The number of carbonyl (C=O) groups is 1. The normalized spacial score (nSPS) is 10.2. The summed E-state index contributed by atoms with van der Waals surface area (Å²) in [5.41, 5.74) is 2.68. The zero-order valence-corrected chi connectivity index (χ0v) is 9.65. The van der Waals surface area contributed by atoms with Crippen LogP contribution in [0.4, 0.5) is 0 Å². The van der Waals surface area contributed by atoms with Crippen LogP contribution in [0.1, 0.15) is 16.1 Å². The second-order valence-corrected chi connectivity index (χ2v) is 3.77. The number of hydrogen-bond acceptors (Lipinski definition) is 2. The maximum atomic E-state index is 10.9. The lowest BCUT2D eigenvalue weighted by Crippen LogP contribution is -1.98. The third kappa shape index (κ3) is 2.15. The SMILES string of the molecule is COc1ccc(-c2cc(C)c(C(=O)O)[nH]2)cc1. The maximum absolute atomic E-state index is 10.9.